The number of likely N-dealkylation sites (tertiary alicyclic amines) is 1. The monoisotopic (exact) mass is 263 g/mol. The zero-order valence-electron chi connectivity index (χ0n) is 11.3. The molecule has 0 amide bonds. The second kappa shape index (κ2) is 6.57. The molecule has 2 atom stereocenters. The summed E-state index contributed by atoms with van der Waals surface area (Å²) in [5.74, 6) is 0.249. The molecule has 1 N–H and O–H groups in total. The third kappa shape index (κ3) is 3.96. The van der Waals surface area contributed by atoms with Gasteiger partial charge in [-0.3, -0.25) is 4.79 Å². The van der Waals surface area contributed by atoms with E-state index in [1.165, 1.54) is 0 Å². The molecule has 0 saturated carbocycles. The third-order valence-corrected chi connectivity index (χ3v) is 3.64. The predicted octanol–water partition coefficient (Wildman–Crippen LogP) is 2.11. The lowest BCUT2D eigenvalue weighted by molar-refractivity contribution is -0.142. The molecule has 4 nitrogen and oxygen atoms in total. The summed E-state index contributed by atoms with van der Waals surface area (Å²) in [5, 5.41) is 9.07. The Morgan fingerprint density at radius 2 is 2.11 bits per heavy atom. The van der Waals surface area contributed by atoms with Crippen LogP contribution in [-0.4, -0.2) is 42.2 Å². The van der Waals surface area contributed by atoms with Crippen molar-refractivity contribution in [3.63, 3.8) is 0 Å². The van der Waals surface area contributed by atoms with Gasteiger partial charge in [0.05, 0.1) is 12.5 Å². The average Bonchev–Trinajstić information content (AvgIpc) is 2.77. The zero-order valence-corrected chi connectivity index (χ0v) is 11.3. The minimum absolute atomic E-state index is 0.213. The molecular weight excluding hydrogens is 242 g/mol. The minimum Gasteiger partial charge on any atom is -0.494 e. The number of carboxylic acids is 1. The Labute approximate surface area is 114 Å². The van der Waals surface area contributed by atoms with E-state index in [0.29, 0.717) is 13.2 Å². The van der Waals surface area contributed by atoms with Crippen LogP contribution in [0.3, 0.4) is 0 Å². The molecular formula is C15H21NO3. The van der Waals surface area contributed by atoms with Crippen molar-refractivity contribution in [2.24, 2.45) is 11.8 Å². The number of para-hydroxylation sites is 1. The average molecular weight is 263 g/mol. The Balaban J connectivity index is 1.66. The summed E-state index contributed by atoms with van der Waals surface area (Å²) >= 11 is 0. The number of carbonyl (C=O) groups is 1. The Kier molecular flexibility index (Phi) is 4.80. The fourth-order valence-electron chi connectivity index (χ4n) is 2.57. The van der Waals surface area contributed by atoms with Crippen LogP contribution in [0.2, 0.25) is 0 Å². The van der Waals surface area contributed by atoms with Gasteiger partial charge in [0, 0.05) is 19.6 Å². The lowest BCUT2D eigenvalue weighted by atomic mass is 9.99. The van der Waals surface area contributed by atoms with Gasteiger partial charge in [-0.25, -0.2) is 0 Å². The standard InChI is InChI=1S/C15H21NO3/c1-12-10-16(11-14(12)15(17)18)8-5-9-19-13-6-3-2-4-7-13/h2-4,6-7,12,14H,5,8-11H2,1H3,(H,17,18). The molecule has 0 radical (unpaired) electrons. The van der Waals surface area contributed by atoms with E-state index in [-0.39, 0.29) is 11.8 Å². The van der Waals surface area contributed by atoms with Crippen molar-refractivity contribution in [1.82, 2.24) is 4.90 Å². The van der Waals surface area contributed by atoms with Gasteiger partial charge in [-0.05, 0) is 24.5 Å². The number of nitrogens with zero attached hydrogens (tertiary/aromatic N) is 1. The maximum atomic E-state index is 11.0. The fraction of sp³-hybridized carbons (Fsp3) is 0.533. The Morgan fingerprint density at radius 3 is 2.74 bits per heavy atom. The molecule has 1 heterocycles. The van der Waals surface area contributed by atoms with E-state index in [4.69, 9.17) is 9.84 Å². The summed E-state index contributed by atoms with van der Waals surface area (Å²) in [6.07, 6.45) is 0.925. The fourth-order valence-corrected chi connectivity index (χ4v) is 2.57. The highest BCUT2D eigenvalue weighted by atomic mass is 16.5. The van der Waals surface area contributed by atoms with Crippen LogP contribution in [-0.2, 0) is 4.79 Å². The highest BCUT2D eigenvalue weighted by Gasteiger charge is 2.34. The highest BCUT2D eigenvalue weighted by molar-refractivity contribution is 5.71. The SMILES string of the molecule is CC1CN(CCCOc2ccccc2)CC1C(=O)O. The quantitative estimate of drug-likeness (QED) is 0.799. The second-order valence-electron chi connectivity index (χ2n) is 5.20. The summed E-state index contributed by atoms with van der Waals surface area (Å²) in [5.41, 5.74) is 0. The van der Waals surface area contributed by atoms with Crippen LogP contribution in [0.1, 0.15) is 13.3 Å². The molecule has 4 heteroatoms. The van der Waals surface area contributed by atoms with Crippen molar-refractivity contribution >= 4 is 5.97 Å². The molecule has 2 unspecified atom stereocenters. The molecule has 19 heavy (non-hydrogen) atoms. The van der Waals surface area contributed by atoms with E-state index < -0.39 is 5.97 Å². The van der Waals surface area contributed by atoms with Crippen LogP contribution in [0.5, 0.6) is 5.75 Å². The van der Waals surface area contributed by atoms with E-state index in [0.717, 1.165) is 25.3 Å². The van der Waals surface area contributed by atoms with E-state index in [9.17, 15) is 4.79 Å². The number of hydrogen-bond donors (Lipinski definition) is 1. The van der Waals surface area contributed by atoms with Crippen LogP contribution in [0.15, 0.2) is 30.3 Å². The van der Waals surface area contributed by atoms with E-state index in [1.807, 2.05) is 37.3 Å². The maximum absolute atomic E-state index is 11.0. The summed E-state index contributed by atoms with van der Waals surface area (Å²) in [6, 6.07) is 9.76. The number of aliphatic carboxylic acids is 1. The predicted molar refractivity (Wildman–Crippen MR) is 73.3 cm³/mol. The van der Waals surface area contributed by atoms with Gasteiger partial charge < -0.3 is 14.7 Å². The molecule has 0 aliphatic carbocycles. The molecule has 1 aliphatic rings. The van der Waals surface area contributed by atoms with Crippen molar-refractivity contribution in [3.8, 4) is 5.75 Å². The molecule has 1 saturated heterocycles. The Morgan fingerprint density at radius 1 is 1.37 bits per heavy atom. The molecule has 1 aromatic carbocycles. The Bertz CT molecular complexity index is 407. The lowest BCUT2D eigenvalue weighted by Crippen LogP contribution is -2.25. The van der Waals surface area contributed by atoms with E-state index >= 15 is 0 Å². The molecule has 0 aromatic heterocycles. The Hall–Kier alpha value is -1.55. The second-order valence-corrected chi connectivity index (χ2v) is 5.20. The van der Waals surface area contributed by atoms with Crippen molar-refractivity contribution in [2.45, 2.75) is 13.3 Å². The largest absolute Gasteiger partial charge is 0.494 e. The van der Waals surface area contributed by atoms with Gasteiger partial charge >= 0.3 is 5.97 Å². The minimum atomic E-state index is -0.671. The smallest absolute Gasteiger partial charge is 0.308 e. The van der Waals surface area contributed by atoms with Crippen molar-refractivity contribution in [3.05, 3.63) is 30.3 Å². The number of hydrogen-bond acceptors (Lipinski definition) is 3. The van der Waals surface area contributed by atoms with Gasteiger partial charge in [0.25, 0.3) is 0 Å². The van der Waals surface area contributed by atoms with E-state index in [2.05, 4.69) is 4.90 Å². The number of rotatable bonds is 6. The first kappa shape index (κ1) is 13.9. The van der Waals surface area contributed by atoms with Crippen LogP contribution >= 0.6 is 0 Å². The normalized spacial score (nSPS) is 23.4. The van der Waals surface area contributed by atoms with Crippen LogP contribution < -0.4 is 4.74 Å². The zero-order chi connectivity index (χ0) is 13.7. The van der Waals surface area contributed by atoms with Crippen LogP contribution in [0.4, 0.5) is 0 Å². The molecule has 1 aromatic rings. The molecule has 2 rings (SSSR count). The highest BCUT2D eigenvalue weighted by Crippen LogP contribution is 2.23. The van der Waals surface area contributed by atoms with Gasteiger partial charge in [0.15, 0.2) is 0 Å². The van der Waals surface area contributed by atoms with Crippen molar-refractivity contribution in [2.75, 3.05) is 26.2 Å². The summed E-state index contributed by atoms with van der Waals surface area (Å²) in [7, 11) is 0. The molecule has 0 bridgehead atoms. The summed E-state index contributed by atoms with van der Waals surface area (Å²) in [6.45, 7) is 5.14. The van der Waals surface area contributed by atoms with Crippen molar-refractivity contribution < 1.29 is 14.6 Å². The number of benzene rings is 1. The van der Waals surface area contributed by atoms with Gasteiger partial charge in [-0.15, -0.1) is 0 Å². The van der Waals surface area contributed by atoms with Crippen molar-refractivity contribution in [1.29, 1.82) is 0 Å². The summed E-state index contributed by atoms with van der Waals surface area (Å²) < 4.78 is 5.62. The van der Waals surface area contributed by atoms with Crippen LogP contribution in [0.25, 0.3) is 0 Å². The number of carboxylic acid groups (broad SMARTS) is 1. The molecule has 104 valence electrons. The number of ether oxygens (including phenoxy) is 1. The molecule has 1 fully saturated rings. The summed E-state index contributed by atoms with van der Waals surface area (Å²) in [4.78, 5) is 13.2. The van der Waals surface area contributed by atoms with Gasteiger partial charge in [0.1, 0.15) is 5.75 Å². The maximum Gasteiger partial charge on any atom is 0.308 e. The van der Waals surface area contributed by atoms with Crippen LogP contribution in [0, 0.1) is 11.8 Å². The van der Waals surface area contributed by atoms with Gasteiger partial charge in [-0.1, -0.05) is 25.1 Å². The van der Waals surface area contributed by atoms with Gasteiger partial charge in [0.2, 0.25) is 0 Å². The lowest BCUT2D eigenvalue weighted by Gasteiger charge is -2.15. The topological polar surface area (TPSA) is 49.8 Å². The first-order valence-corrected chi connectivity index (χ1v) is 6.80. The van der Waals surface area contributed by atoms with Gasteiger partial charge in [-0.2, -0.15) is 0 Å². The van der Waals surface area contributed by atoms with E-state index in [1.54, 1.807) is 0 Å². The third-order valence-electron chi connectivity index (χ3n) is 3.64. The first-order valence-electron chi connectivity index (χ1n) is 6.80. The molecule has 0 spiro atoms. The first-order chi connectivity index (χ1) is 9.16. The molecule has 1 aliphatic heterocycles.